The lowest BCUT2D eigenvalue weighted by Crippen LogP contribution is -2.50. The number of nitrogens with one attached hydrogen (secondary N) is 1. The summed E-state index contributed by atoms with van der Waals surface area (Å²) in [5.74, 6) is -0.480. The zero-order chi connectivity index (χ0) is 28.7. The Labute approximate surface area is 243 Å². The van der Waals surface area contributed by atoms with Crippen molar-refractivity contribution in [3.63, 3.8) is 0 Å². The lowest BCUT2D eigenvalue weighted by molar-refractivity contribution is -0.139. The molecule has 0 spiro atoms. The van der Waals surface area contributed by atoms with E-state index >= 15 is 0 Å². The number of benzene rings is 3. The van der Waals surface area contributed by atoms with Gasteiger partial charge in [-0.05, 0) is 80.1 Å². The van der Waals surface area contributed by atoms with E-state index in [0.717, 1.165) is 4.31 Å². The van der Waals surface area contributed by atoms with Crippen LogP contribution in [0.25, 0.3) is 0 Å². The van der Waals surface area contributed by atoms with Crippen LogP contribution in [0.2, 0.25) is 15.1 Å². The summed E-state index contributed by atoms with van der Waals surface area (Å²) in [7, 11) is -2.76. The molecule has 0 saturated heterocycles. The van der Waals surface area contributed by atoms with E-state index < -0.39 is 34.4 Å². The van der Waals surface area contributed by atoms with Crippen molar-refractivity contribution in [3.05, 3.63) is 87.4 Å². The molecule has 39 heavy (non-hydrogen) atoms. The number of ether oxygens (including phenoxy) is 1. The molecule has 3 aromatic rings. The maximum Gasteiger partial charge on any atom is 0.264 e. The monoisotopic (exact) mass is 611 g/mol. The minimum Gasteiger partial charge on any atom is -0.494 e. The second-order valence-corrected chi connectivity index (χ2v) is 11.6. The fraction of sp³-hybridized carbons (Fsp3) is 0.259. The molecule has 0 aromatic heterocycles. The summed E-state index contributed by atoms with van der Waals surface area (Å²) in [6, 6.07) is 15.9. The molecule has 0 aliphatic carbocycles. The van der Waals surface area contributed by atoms with Crippen LogP contribution in [0.3, 0.4) is 0 Å². The minimum atomic E-state index is -4.21. The van der Waals surface area contributed by atoms with Gasteiger partial charge in [0.15, 0.2) is 0 Å². The minimum absolute atomic E-state index is 0.0115. The molecule has 0 radical (unpaired) electrons. The Morgan fingerprint density at radius 2 is 1.59 bits per heavy atom. The summed E-state index contributed by atoms with van der Waals surface area (Å²) in [6.45, 7) is 3.23. The maximum absolute atomic E-state index is 13.8. The Balaban J connectivity index is 2.04. The summed E-state index contributed by atoms with van der Waals surface area (Å²) in [5.41, 5.74) is 0.852. The van der Waals surface area contributed by atoms with E-state index in [2.05, 4.69) is 5.32 Å². The van der Waals surface area contributed by atoms with Crippen LogP contribution in [0.5, 0.6) is 5.75 Å². The molecule has 0 fully saturated rings. The van der Waals surface area contributed by atoms with Gasteiger partial charge in [0.05, 0.1) is 27.2 Å². The van der Waals surface area contributed by atoms with E-state index in [1.807, 2.05) is 6.92 Å². The topological polar surface area (TPSA) is 96.0 Å². The van der Waals surface area contributed by atoms with Gasteiger partial charge in [-0.2, -0.15) is 0 Å². The fourth-order valence-corrected chi connectivity index (χ4v) is 5.62. The number of amides is 2. The molecule has 1 unspecified atom stereocenters. The fourth-order valence-electron chi connectivity index (χ4n) is 3.76. The van der Waals surface area contributed by atoms with Crippen LogP contribution in [0.4, 0.5) is 5.69 Å². The predicted octanol–water partition coefficient (Wildman–Crippen LogP) is 5.40. The number of hydrogen-bond acceptors (Lipinski definition) is 5. The zero-order valence-corrected chi connectivity index (χ0v) is 24.6. The van der Waals surface area contributed by atoms with Gasteiger partial charge in [-0.15, -0.1) is 0 Å². The van der Waals surface area contributed by atoms with E-state index in [1.54, 1.807) is 49.4 Å². The van der Waals surface area contributed by atoms with Crippen molar-refractivity contribution < 1.29 is 22.7 Å². The lowest BCUT2D eigenvalue weighted by atomic mass is 10.1. The highest BCUT2D eigenvalue weighted by Gasteiger charge is 2.32. The first kappa shape index (κ1) is 30.6. The van der Waals surface area contributed by atoms with Crippen molar-refractivity contribution in [2.75, 3.05) is 24.5 Å². The summed E-state index contributed by atoms with van der Waals surface area (Å²) in [5, 5.41) is 3.53. The van der Waals surface area contributed by atoms with Gasteiger partial charge in [-0.1, -0.05) is 40.9 Å². The van der Waals surface area contributed by atoms with Gasteiger partial charge in [0.25, 0.3) is 10.0 Å². The van der Waals surface area contributed by atoms with Crippen LogP contribution in [0.15, 0.2) is 71.6 Å². The highest BCUT2D eigenvalue weighted by molar-refractivity contribution is 7.92. The Morgan fingerprint density at radius 3 is 2.15 bits per heavy atom. The number of carbonyl (C=O) groups excluding carboxylic acids is 2. The largest absolute Gasteiger partial charge is 0.494 e. The van der Waals surface area contributed by atoms with Crippen molar-refractivity contribution in [1.82, 2.24) is 10.2 Å². The molecule has 1 N–H and O–H groups in total. The normalized spacial score (nSPS) is 11.9. The van der Waals surface area contributed by atoms with Crippen LogP contribution >= 0.6 is 34.8 Å². The molecule has 3 rings (SSSR count). The van der Waals surface area contributed by atoms with Crippen molar-refractivity contribution in [2.45, 2.75) is 31.3 Å². The van der Waals surface area contributed by atoms with Gasteiger partial charge in [-0.25, -0.2) is 8.42 Å². The highest BCUT2D eigenvalue weighted by Crippen LogP contribution is 2.28. The van der Waals surface area contributed by atoms with Crippen LogP contribution in [-0.2, 0) is 26.2 Å². The first-order chi connectivity index (χ1) is 18.5. The molecule has 1 atom stereocenters. The zero-order valence-electron chi connectivity index (χ0n) is 21.5. The quantitative estimate of drug-likeness (QED) is 0.313. The van der Waals surface area contributed by atoms with Crippen LogP contribution in [-0.4, -0.2) is 51.4 Å². The molecule has 0 heterocycles. The van der Waals surface area contributed by atoms with Gasteiger partial charge in [0.2, 0.25) is 11.8 Å². The smallest absolute Gasteiger partial charge is 0.264 e. The number of hydrogen-bond donors (Lipinski definition) is 1. The summed E-state index contributed by atoms with van der Waals surface area (Å²) < 4.78 is 34.0. The molecule has 0 aliphatic heterocycles. The first-order valence-corrected chi connectivity index (χ1v) is 14.5. The van der Waals surface area contributed by atoms with E-state index in [9.17, 15) is 18.0 Å². The first-order valence-electron chi connectivity index (χ1n) is 11.9. The number of carbonyl (C=O) groups is 2. The van der Waals surface area contributed by atoms with Crippen molar-refractivity contribution in [2.24, 2.45) is 0 Å². The molecule has 2 amide bonds. The second kappa shape index (κ2) is 13.4. The number of likely N-dealkylation sites (N-methyl/N-ethyl adjacent to an activating group) is 1. The molecule has 3 aromatic carbocycles. The van der Waals surface area contributed by atoms with E-state index in [1.165, 1.54) is 36.2 Å². The number of rotatable bonds is 11. The summed E-state index contributed by atoms with van der Waals surface area (Å²) >= 11 is 18.2. The van der Waals surface area contributed by atoms with Crippen LogP contribution < -0.4 is 14.4 Å². The van der Waals surface area contributed by atoms with E-state index in [0.29, 0.717) is 28.0 Å². The molecular formula is C27H28Cl3N3O5S. The number of sulfonamides is 1. The molecule has 0 aliphatic rings. The summed E-state index contributed by atoms with van der Waals surface area (Å²) in [6.07, 6.45) is 0. The van der Waals surface area contributed by atoms with Gasteiger partial charge in [0.1, 0.15) is 18.3 Å². The molecule has 208 valence electrons. The van der Waals surface area contributed by atoms with E-state index in [-0.39, 0.29) is 22.2 Å². The number of anilines is 1. The van der Waals surface area contributed by atoms with Gasteiger partial charge < -0.3 is 15.0 Å². The van der Waals surface area contributed by atoms with Gasteiger partial charge >= 0.3 is 0 Å². The van der Waals surface area contributed by atoms with Crippen molar-refractivity contribution in [3.8, 4) is 5.75 Å². The molecule has 8 nitrogen and oxygen atoms in total. The van der Waals surface area contributed by atoms with Crippen molar-refractivity contribution in [1.29, 1.82) is 0 Å². The highest BCUT2D eigenvalue weighted by atomic mass is 35.5. The Hall–Kier alpha value is -2.98. The Morgan fingerprint density at radius 1 is 0.949 bits per heavy atom. The van der Waals surface area contributed by atoms with Crippen molar-refractivity contribution >= 4 is 62.3 Å². The third-order valence-corrected chi connectivity index (χ3v) is 8.65. The van der Waals surface area contributed by atoms with Crippen LogP contribution in [0.1, 0.15) is 19.4 Å². The van der Waals surface area contributed by atoms with Crippen LogP contribution in [0, 0.1) is 0 Å². The van der Waals surface area contributed by atoms with E-state index in [4.69, 9.17) is 39.5 Å². The number of nitrogens with zero attached hydrogens (tertiary/aromatic N) is 2. The average molecular weight is 613 g/mol. The third-order valence-electron chi connectivity index (χ3n) is 5.87. The second-order valence-electron chi connectivity index (χ2n) is 8.45. The number of halogens is 3. The molecular weight excluding hydrogens is 585 g/mol. The third kappa shape index (κ3) is 7.57. The SMILES string of the molecule is CCOc1ccc(N(CC(=O)N(Cc2ccc(Cl)c(Cl)c2)C(C)C(=O)NC)S(=O)(=O)c2ccc(Cl)cc2)cc1. The molecule has 0 saturated carbocycles. The standard InChI is InChI=1S/C27H28Cl3N3O5S/c1-4-38-22-10-8-21(9-11-22)33(39(36,37)23-12-6-20(28)7-13-23)17-26(34)32(18(2)27(35)31-3)16-19-5-14-24(29)25(30)15-19/h5-15,18H,4,16-17H2,1-3H3,(H,31,35). The summed E-state index contributed by atoms with van der Waals surface area (Å²) in [4.78, 5) is 27.6. The average Bonchev–Trinajstić information content (AvgIpc) is 2.92. The lowest BCUT2D eigenvalue weighted by Gasteiger charge is -2.32. The van der Waals surface area contributed by atoms with Gasteiger partial charge in [0, 0.05) is 18.6 Å². The predicted molar refractivity (Wildman–Crippen MR) is 154 cm³/mol. The Bertz CT molecular complexity index is 1420. The maximum atomic E-state index is 13.8. The molecule has 0 bridgehead atoms. The van der Waals surface area contributed by atoms with Gasteiger partial charge in [-0.3, -0.25) is 13.9 Å². The molecule has 12 heteroatoms. The Kier molecular flexibility index (Phi) is 10.5.